The molecular formula is C16H32N2O3. The summed E-state index contributed by atoms with van der Waals surface area (Å²) in [5.41, 5.74) is -0.455. The maximum atomic E-state index is 12.3. The van der Waals surface area contributed by atoms with Gasteiger partial charge in [0.05, 0.1) is 6.10 Å². The van der Waals surface area contributed by atoms with Crippen molar-refractivity contribution in [3.8, 4) is 0 Å². The van der Waals surface area contributed by atoms with Crippen LogP contribution in [0.4, 0.5) is 4.79 Å². The zero-order chi connectivity index (χ0) is 15.9. The SMILES string of the molecule is CCCC(O)CNCC1CCCCN1C(=O)OC(C)(C)C. The molecule has 5 nitrogen and oxygen atoms in total. The molecule has 0 aromatic carbocycles. The molecule has 1 saturated heterocycles. The Morgan fingerprint density at radius 2 is 2.14 bits per heavy atom. The molecule has 2 atom stereocenters. The van der Waals surface area contributed by atoms with Crippen molar-refractivity contribution in [3.63, 3.8) is 0 Å². The second-order valence-electron chi connectivity index (χ2n) is 6.92. The second-order valence-corrected chi connectivity index (χ2v) is 6.92. The number of carbonyl (C=O) groups is 1. The standard InChI is InChI=1S/C16H32N2O3/c1-5-8-14(19)12-17-11-13-9-6-7-10-18(13)15(20)21-16(2,3)4/h13-14,17,19H,5-12H2,1-4H3. The Hall–Kier alpha value is -0.810. The molecule has 1 rings (SSSR count). The fourth-order valence-electron chi connectivity index (χ4n) is 2.63. The van der Waals surface area contributed by atoms with Crippen molar-refractivity contribution in [1.29, 1.82) is 0 Å². The van der Waals surface area contributed by atoms with E-state index in [0.29, 0.717) is 6.54 Å². The van der Waals surface area contributed by atoms with Gasteiger partial charge in [-0.25, -0.2) is 4.79 Å². The van der Waals surface area contributed by atoms with Crippen LogP contribution in [0, 0.1) is 0 Å². The van der Waals surface area contributed by atoms with Gasteiger partial charge in [0.15, 0.2) is 0 Å². The van der Waals surface area contributed by atoms with Gasteiger partial charge < -0.3 is 20.1 Å². The Morgan fingerprint density at radius 1 is 1.43 bits per heavy atom. The fraction of sp³-hybridized carbons (Fsp3) is 0.938. The molecule has 21 heavy (non-hydrogen) atoms. The van der Waals surface area contributed by atoms with E-state index < -0.39 is 5.60 Å². The van der Waals surface area contributed by atoms with Crippen molar-refractivity contribution in [2.24, 2.45) is 0 Å². The largest absolute Gasteiger partial charge is 0.444 e. The van der Waals surface area contributed by atoms with Crippen molar-refractivity contribution in [2.75, 3.05) is 19.6 Å². The van der Waals surface area contributed by atoms with Crippen LogP contribution in [0.25, 0.3) is 0 Å². The van der Waals surface area contributed by atoms with Crippen LogP contribution in [0.15, 0.2) is 0 Å². The molecule has 0 aromatic heterocycles. The topological polar surface area (TPSA) is 61.8 Å². The van der Waals surface area contributed by atoms with Crippen LogP contribution in [0.3, 0.4) is 0 Å². The summed E-state index contributed by atoms with van der Waals surface area (Å²) >= 11 is 0. The Bertz CT molecular complexity index is 315. The Morgan fingerprint density at radius 3 is 2.76 bits per heavy atom. The van der Waals surface area contributed by atoms with E-state index in [1.807, 2.05) is 25.7 Å². The molecule has 0 radical (unpaired) electrons. The van der Waals surface area contributed by atoms with Crippen LogP contribution < -0.4 is 5.32 Å². The number of nitrogens with zero attached hydrogens (tertiary/aromatic N) is 1. The lowest BCUT2D eigenvalue weighted by Crippen LogP contribution is -2.50. The third kappa shape index (κ3) is 7.14. The van der Waals surface area contributed by atoms with Gasteiger partial charge in [-0.05, 0) is 46.5 Å². The number of hydrogen-bond donors (Lipinski definition) is 2. The monoisotopic (exact) mass is 300 g/mol. The van der Waals surface area contributed by atoms with Crippen LogP contribution >= 0.6 is 0 Å². The molecule has 1 heterocycles. The number of amides is 1. The summed E-state index contributed by atoms with van der Waals surface area (Å²) in [6.07, 6.45) is 4.45. The summed E-state index contributed by atoms with van der Waals surface area (Å²) in [6.45, 7) is 9.81. The summed E-state index contributed by atoms with van der Waals surface area (Å²) < 4.78 is 5.48. The van der Waals surface area contributed by atoms with Gasteiger partial charge in [0.25, 0.3) is 0 Å². The highest BCUT2D eigenvalue weighted by atomic mass is 16.6. The summed E-state index contributed by atoms with van der Waals surface area (Å²) in [5, 5.41) is 13.0. The highest BCUT2D eigenvalue weighted by Gasteiger charge is 2.30. The highest BCUT2D eigenvalue weighted by Crippen LogP contribution is 2.20. The van der Waals surface area contributed by atoms with Gasteiger partial charge in [-0.15, -0.1) is 0 Å². The smallest absolute Gasteiger partial charge is 0.410 e. The number of nitrogens with one attached hydrogen (secondary N) is 1. The molecule has 0 spiro atoms. The molecule has 2 N–H and O–H groups in total. The van der Waals surface area contributed by atoms with Gasteiger partial charge in [0, 0.05) is 25.7 Å². The van der Waals surface area contributed by atoms with Crippen LogP contribution in [0.1, 0.15) is 59.8 Å². The molecule has 1 fully saturated rings. The third-order valence-corrected chi connectivity index (χ3v) is 3.64. The number of rotatable bonds is 6. The van der Waals surface area contributed by atoms with E-state index >= 15 is 0 Å². The first kappa shape index (κ1) is 18.2. The fourth-order valence-corrected chi connectivity index (χ4v) is 2.63. The summed E-state index contributed by atoms with van der Waals surface area (Å²) in [4.78, 5) is 14.1. The van der Waals surface area contributed by atoms with E-state index in [9.17, 15) is 9.90 Å². The first-order valence-electron chi connectivity index (χ1n) is 8.22. The number of aliphatic hydroxyl groups excluding tert-OH is 1. The quantitative estimate of drug-likeness (QED) is 0.791. The lowest BCUT2D eigenvalue weighted by atomic mass is 10.0. The molecule has 0 aromatic rings. The predicted octanol–water partition coefficient (Wildman–Crippen LogP) is 2.53. The minimum atomic E-state index is -0.455. The molecule has 0 saturated carbocycles. The minimum absolute atomic E-state index is 0.169. The lowest BCUT2D eigenvalue weighted by Gasteiger charge is -2.37. The summed E-state index contributed by atoms with van der Waals surface area (Å²) in [5.74, 6) is 0. The van der Waals surface area contributed by atoms with Gasteiger partial charge in [-0.3, -0.25) is 0 Å². The van der Waals surface area contributed by atoms with Crippen molar-refractivity contribution in [2.45, 2.75) is 77.5 Å². The van der Waals surface area contributed by atoms with Gasteiger partial charge in [0.1, 0.15) is 5.60 Å². The highest BCUT2D eigenvalue weighted by molar-refractivity contribution is 5.68. The van der Waals surface area contributed by atoms with Gasteiger partial charge >= 0.3 is 6.09 Å². The molecule has 1 aliphatic rings. The number of aliphatic hydroxyl groups is 1. The van der Waals surface area contributed by atoms with Crippen LogP contribution in [-0.4, -0.2) is 53.5 Å². The first-order valence-corrected chi connectivity index (χ1v) is 8.22. The Labute approximate surface area is 129 Å². The zero-order valence-electron chi connectivity index (χ0n) is 14.0. The van der Waals surface area contributed by atoms with E-state index in [1.165, 1.54) is 0 Å². The summed E-state index contributed by atoms with van der Waals surface area (Å²) in [7, 11) is 0. The maximum Gasteiger partial charge on any atom is 0.410 e. The first-order chi connectivity index (χ1) is 9.83. The molecule has 5 heteroatoms. The second kappa shape index (κ2) is 8.59. The third-order valence-electron chi connectivity index (χ3n) is 3.64. The van der Waals surface area contributed by atoms with E-state index in [0.717, 1.165) is 45.2 Å². The van der Waals surface area contributed by atoms with Crippen LogP contribution in [0.2, 0.25) is 0 Å². The van der Waals surface area contributed by atoms with Crippen LogP contribution in [0.5, 0.6) is 0 Å². The number of carbonyl (C=O) groups excluding carboxylic acids is 1. The predicted molar refractivity (Wildman–Crippen MR) is 84.4 cm³/mol. The van der Waals surface area contributed by atoms with E-state index in [4.69, 9.17) is 4.74 Å². The van der Waals surface area contributed by atoms with Gasteiger partial charge in [-0.1, -0.05) is 13.3 Å². The molecule has 2 unspecified atom stereocenters. The van der Waals surface area contributed by atoms with Crippen molar-refractivity contribution < 1.29 is 14.6 Å². The van der Waals surface area contributed by atoms with E-state index in [2.05, 4.69) is 12.2 Å². The Kier molecular flexibility index (Phi) is 7.46. The van der Waals surface area contributed by atoms with E-state index in [1.54, 1.807) is 0 Å². The number of likely N-dealkylation sites (tertiary alicyclic amines) is 1. The summed E-state index contributed by atoms with van der Waals surface area (Å²) in [6, 6.07) is 0.169. The molecule has 0 bridgehead atoms. The van der Waals surface area contributed by atoms with Gasteiger partial charge in [0.2, 0.25) is 0 Å². The normalized spacial score (nSPS) is 21.2. The van der Waals surface area contributed by atoms with Crippen molar-refractivity contribution in [3.05, 3.63) is 0 Å². The van der Waals surface area contributed by atoms with Crippen molar-refractivity contribution >= 4 is 6.09 Å². The van der Waals surface area contributed by atoms with Gasteiger partial charge in [-0.2, -0.15) is 0 Å². The average molecular weight is 300 g/mol. The Balaban J connectivity index is 2.44. The molecule has 0 aliphatic carbocycles. The number of hydrogen-bond acceptors (Lipinski definition) is 4. The van der Waals surface area contributed by atoms with Crippen molar-refractivity contribution in [1.82, 2.24) is 10.2 Å². The molecule has 1 aliphatic heterocycles. The molecule has 124 valence electrons. The molecule has 1 amide bonds. The zero-order valence-corrected chi connectivity index (χ0v) is 14.0. The molecular weight excluding hydrogens is 268 g/mol. The number of ether oxygens (including phenoxy) is 1. The average Bonchev–Trinajstić information content (AvgIpc) is 2.37. The maximum absolute atomic E-state index is 12.3. The lowest BCUT2D eigenvalue weighted by molar-refractivity contribution is 0.00968. The van der Waals surface area contributed by atoms with E-state index in [-0.39, 0.29) is 18.2 Å². The van der Waals surface area contributed by atoms with Crippen LogP contribution in [-0.2, 0) is 4.74 Å². The number of piperidine rings is 1. The minimum Gasteiger partial charge on any atom is -0.444 e.